The molecule has 7 heteroatoms. The highest BCUT2D eigenvalue weighted by Gasteiger charge is 2.10. The lowest BCUT2D eigenvalue weighted by Crippen LogP contribution is -2.16. The van der Waals surface area contributed by atoms with Crippen LogP contribution in [0.3, 0.4) is 0 Å². The maximum absolute atomic E-state index is 6.08. The number of anilines is 3. The molecular weight excluding hydrogens is 369 g/mol. The van der Waals surface area contributed by atoms with Crippen molar-refractivity contribution in [3.05, 3.63) is 58.8 Å². The van der Waals surface area contributed by atoms with Crippen LogP contribution in [0.1, 0.15) is 20.3 Å². The Morgan fingerprint density at radius 1 is 1.08 bits per heavy atom. The number of aromatic nitrogens is 3. The molecule has 0 aliphatic rings. The molecule has 0 unspecified atom stereocenters. The number of nitrogens with zero attached hydrogens (tertiary/aromatic N) is 3. The fourth-order valence-corrected chi connectivity index (χ4v) is 2.86. The molecule has 2 N–H and O–H groups in total. The molecular formula is C19H19Cl2N5. The molecule has 0 spiro atoms. The maximum Gasteiger partial charge on any atom is 0.225 e. The average Bonchev–Trinajstić information content (AvgIpc) is 2.61. The van der Waals surface area contributed by atoms with E-state index in [-0.39, 0.29) is 6.04 Å². The third-order valence-electron chi connectivity index (χ3n) is 3.81. The summed E-state index contributed by atoms with van der Waals surface area (Å²) in [6.45, 7) is 4.19. The molecule has 3 aromatic rings. The first-order chi connectivity index (χ1) is 12.5. The summed E-state index contributed by atoms with van der Waals surface area (Å²) in [6, 6.07) is 11.2. The zero-order valence-electron chi connectivity index (χ0n) is 14.5. The minimum atomic E-state index is 0.257. The first-order valence-electron chi connectivity index (χ1n) is 8.32. The molecule has 0 aliphatic heterocycles. The third kappa shape index (κ3) is 4.84. The van der Waals surface area contributed by atoms with Crippen molar-refractivity contribution in [2.24, 2.45) is 0 Å². The van der Waals surface area contributed by atoms with E-state index in [0.717, 1.165) is 23.4 Å². The molecule has 26 heavy (non-hydrogen) atoms. The van der Waals surface area contributed by atoms with Crippen molar-refractivity contribution in [1.29, 1.82) is 0 Å². The Labute approximate surface area is 162 Å². The Morgan fingerprint density at radius 3 is 2.50 bits per heavy atom. The second-order valence-corrected chi connectivity index (χ2v) is 6.81. The van der Waals surface area contributed by atoms with Crippen molar-refractivity contribution in [2.75, 3.05) is 10.6 Å². The lowest BCUT2D eigenvalue weighted by molar-refractivity contribution is 0.753. The minimum absolute atomic E-state index is 0.257. The van der Waals surface area contributed by atoms with Crippen molar-refractivity contribution in [3.63, 3.8) is 0 Å². The van der Waals surface area contributed by atoms with Crippen molar-refractivity contribution in [2.45, 2.75) is 26.3 Å². The van der Waals surface area contributed by atoms with Gasteiger partial charge < -0.3 is 10.6 Å². The van der Waals surface area contributed by atoms with Crippen LogP contribution >= 0.6 is 23.2 Å². The Kier molecular flexibility index (Phi) is 5.91. The van der Waals surface area contributed by atoms with Crippen molar-refractivity contribution >= 4 is 40.7 Å². The van der Waals surface area contributed by atoms with Crippen LogP contribution in [0.5, 0.6) is 0 Å². The monoisotopic (exact) mass is 387 g/mol. The van der Waals surface area contributed by atoms with E-state index in [1.165, 1.54) is 0 Å². The quantitative estimate of drug-likeness (QED) is 0.559. The van der Waals surface area contributed by atoms with E-state index >= 15 is 0 Å². The van der Waals surface area contributed by atoms with Crippen LogP contribution in [-0.4, -0.2) is 21.0 Å². The molecule has 5 nitrogen and oxygen atoms in total. The van der Waals surface area contributed by atoms with Crippen molar-refractivity contribution in [1.82, 2.24) is 15.0 Å². The van der Waals surface area contributed by atoms with Crippen molar-refractivity contribution < 1.29 is 0 Å². The van der Waals surface area contributed by atoms with Crippen LogP contribution in [0, 0.1) is 0 Å². The van der Waals surface area contributed by atoms with Gasteiger partial charge in [0.1, 0.15) is 5.82 Å². The Morgan fingerprint density at radius 2 is 1.85 bits per heavy atom. The van der Waals surface area contributed by atoms with Gasteiger partial charge in [-0.15, -0.1) is 0 Å². The van der Waals surface area contributed by atoms with E-state index in [1.807, 2.05) is 18.2 Å². The molecule has 0 bridgehead atoms. The largest absolute Gasteiger partial charge is 0.352 e. The molecule has 3 rings (SSSR count). The summed E-state index contributed by atoms with van der Waals surface area (Å²) < 4.78 is 0. The topological polar surface area (TPSA) is 62.7 Å². The van der Waals surface area contributed by atoms with Gasteiger partial charge in [-0.2, -0.15) is 4.98 Å². The first kappa shape index (κ1) is 18.4. The number of hydrogen-bond donors (Lipinski definition) is 2. The summed E-state index contributed by atoms with van der Waals surface area (Å²) >= 11 is 12.2. The molecule has 0 aliphatic carbocycles. The Bertz CT molecular complexity index is 866. The van der Waals surface area contributed by atoms with E-state index < -0.39 is 0 Å². The highest BCUT2D eigenvalue weighted by Crippen LogP contribution is 2.27. The lowest BCUT2D eigenvalue weighted by Gasteiger charge is -2.15. The van der Waals surface area contributed by atoms with Crippen LogP contribution in [0.25, 0.3) is 11.3 Å². The Hall–Kier alpha value is -2.37. The van der Waals surface area contributed by atoms with Crippen LogP contribution in [-0.2, 0) is 0 Å². The van der Waals surface area contributed by atoms with Gasteiger partial charge in [0.2, 0.25) is 5.95 Å². The molecule has 0 saturated carbocycles. The highest BCUT2D eigenvalue weighted by molar-refractivity contribution is 6.35. The number of pyridine rings is 1. The molecule has 2 heterocycles. The smallest absolute Gasteiger partial charge is 0.225 e. The van der Waals surface area contributed by atoms with Gasteiger partial charge in [-0.25, -0.2) is 4.98 Å². The lowest BCUT2D eigenvalue weighted by atomic mass is 10.2. The predicted molar refractivity (Wildman–Crippen MR) is 108 cm³/mol. The fourth-order valence-electron chi connectivity index (χ4n) is 2.33. The fraction of sp³-hybridized carbons (Fsp3) is 0.211. The van der Waals surface area contributed by atoms with E-state index in [2.05, 4.69) is 39.4 Å². The van der Waals surface area contributed by atoms with E-state index in [9.17, 15) is 0 Å². The molecule has 0 saturated heterocycles. The summed E-state index contributed by atoms with van der Waals surface area (Å²) in [5.41, 5.74) is 2.44. The molecule has 2 aromatic heterocycles. The summed E-state index contributed by atoms with van der Waals surface area (Å²) in [7, 11) is 0. The number of benzene rings is 1. The summed E-state index contributed by atoms with van der Waals surface area (Å²) in [6.07, 6.45) is 4.47. The molecule has 1 atom stereocenters. The van der Waals surface area contributed by atoms with Gasteiger partial charge in [0.05, 0.1) is 5.69 Å². The standard InChI is InChI=1S/C19H19Cl2N5/c1-3-12(2)23-19-25-17(13-5-4-6-22-11-13)10-18(26-19)24-16-8-14(20)7-15(21)9-16/h4-12H,3H2,1-2H3,(H2,23,24,25,26)/t12-/m0/s1. The highest BCUT2D eigenvalue weighted by atomic mass is 35.5. The number of nitrogens with one attached hydrogen (secondary N) is 2. The van der Waals surface area contributed by atoms with E-state index in [4.69, 9.17) is 23.2 Å². The van der Waals surface area contributed by atoms with Gasteiger partial charge in [-0.1, -0.05) is 30.1 Å². The van der Waals surface area contributed by atoms with Gasteiger partial charge in [0.15, 0.2) is 0 Å². The normalized spacial score (nSPS) is 11.8. The molecule has 0 amide bonds. The number of rotatable bonds is 6. The van der Waals surface area contributed by atoms with Crippen LogP contribution in [0.15, 0.2) is 48.8 Å². The van der Waals surface area contributed by atoms with E-state index in [0.29, 0.717) is 21.8 Å². The van der Waals surface area contributed by atoms with Gasteiger partial charge in [-0.3, -0.25) is 4.98 Å². The van der Waals surface area contributed by atoms with E-state index in [1.54, 1.807) is 30.6 Å². The summed E-state index contributed by atoms with van der Waals surface area (Å²) in [4.78, 5) is 13.3. The molecule has 0 radical (unpaired) electrons. The second-order valence-electron chi connectivity index (χ2n) is 5.94. The average molecular weight is 388 g/mol. The second kappa shape index (κ2) is 8.34. The van der Waals surface area contributed by atoms with Crippen LogP contribution < -0.4 is 10.6 Å². The summed E-state index contributed by atoms with van der Waals surface area (Å²) in [5, 5.41) is 7.67. The SMILES string of the molecule is CC[C@H](C)Nc1nc(Nc2cc(Cl)cc(Cl)c2)cc(-c2cccnc2)n1. The van der Waals surface area contributed by atoms with Crippen LogP contribution in [0.2, 0.25) is 10.0 Å². The maximum atomic E-state index is 6.08. The van der Waals surface area contributed by atoms with Gasteiger partial charge in [0.25, 0.3) is 0 Å². The third-order valence-corrected chi connectivity index (χ3v) is 4.24. The Balaban J connectivity index is 1.98. The number of halogens is 2. The minimum Gasteiger partial charge on any atom is -0.352 e. The zero-order valence-corrected chi connectivity index (χ0v) is 16.0. The molecule has 0 fully saturated rings. The molecule has 1 aromatic carbocycles. The predicted octanol–water partition coefficient (Wildman–Crippen LogP) is 5.80. The van der Waals surface area contributed by atoms with Gasteiger partial charge in [-0.05, 0) is 43.7 Å². The molecule has 134 valence electrons. The van der Waals surface area contributed by atoms with Gasteiger partial charge in [0, 0.05) is 45.8 Å². The zero-order chi connectivity index (χ0) is 18.5. The summed E-state index contributed by atoms with van der Waals surface area (Å²) in [5.74, 6) is 1.19. The van der Waals surface area contributed by atoms with Crippen LogP contribution in [0.4, 0.5) is 17.5 Å². The number of hydrogen-bond acceptors (Lipinski definition) is 5. The van der Waals surface area contributed by atoms with Gasteiger partial charge >= 0.3 is 0 Å². The van der Waals surface area contributed by atoms with Crippen molar-refractivity contribution in [3.8, 4) is 11.3 Å². The first-order valence-corrected chi connectivity index (χ1v) is 9.08.